The summed E-state index contributed by atoms with van der Waals surface area (Å²) < 4.78 is 57.5. The fourth-order valence-electron chi connectivity index (χ4n) is 2.63. The SMILES string of the molecule is CS(=O)(=O)N(CC(=O)Nc1ccccc1Oc1ccccc1)c1ccc(F)c(F)c1. The number of nitrogens with zero attached hydrogens (tertiary/aromatic N) is 1. The minimum atomic E-state index is -3.94. The number of rotatable bonds is 7. The van der Waals surface area contributed by atoms with E-state index in [1.54, 1.807) is 48.5 Å². The molecular formula is C21H18F2N2O4S. The molecule has 0 aliphatic carbocycles. The molecule has 1 N–H and O–H groups in total. The van der Waals surface area contributed by atoms with Gasteiger partial charge in [0.1, 0.15) is 12.3 Å². The Kier molecular flexibility index (Phi) is 6.31. The Hall–Kier alpha value is -3.46. The van der Waals surface area contributed by atoms with Gasteiger partial charge in [0.05, 0.1) is 17.6 Å². The van der Waals surface area contributed by atoms with E-state index in [0.29, 0.717) is 21.5 Å². The van der Waals surface area contributed by atoms with Crippen LogP contribution < -0.4 is 14.4 Å². The van der Waals surface area contributed by atoms with Crippen LogP contribution >= 0.6 is 0 Å². The lowest BCUT2D eigenvalue weighted by Crippen LogP contribution is -2.37. The summed E-state index contributed by atoms with van der Waals surface area (Å²) in [5.74, 6) is -2.12. The van der Waals surface area contributed by atoms with Crippen molar-refractivity contribution in [3.63, 3.8) is 0 Å². The molecule has 0 aliphatic heterocycles. The lowest BCUT2D eigenvalue weighted by atomic mass is 10.2. The van der Waals surface area contributed by atoms with Crippen LogP contribution in [0.1, 0.15) is 0 Å². The number of ether oxygens (including phenoxy) is 1. The zero-order valence-electron chi connectivity index (χ0n) is 15.9. The molecule has 0 saturated heterocycles. The predicted octanol–water partition coefficient (Wildman–Crippen LogP) is 4.16. The topological polar surface area (TPSA) is 75.7 Å². The van der Waals surface area contributed by atoms with Gasteiger partial charge in [-0.25, -0.2) is 17.2 Å². The monoisotopic (exact) mass is 432 g/mol. The van der Waals surface area contributed by atoms with E-state index in [0.717, 1.165) is 24.5 Å². The largest absolute Gasteiger partial charge is 0.455 e. The molecule has 9 heteroatoms. The van der Waals surface area contributed by atoms with Crippen molar-refractivity contribution in [1.82, 2.24) is 0 Å². The van der Waals surface area contributed by atoms with Crippen molar-refractivity contribution < 1.29 is 26.7 Å². The van der Waals surface area contributed by atoms with Crippen LogP contribution in [0.2, 0.25) is 0 Å². The lowest BCUT2D eigenvalue weighted by Gasteiger charge is -2.22. The van der Waals surface area contributed by atoms with Gasteiger partial charge in [0, 0.05) is 6.07 Å². The molecule has 0 aliphatic rings. The van der Waals surface area contributed by atoms with Gasteiger partial charge in [0.15, 0.2) is 17.4 Å². The number of hydrogen-bond acceptors (Lipinski definition) is 4. The molecule has 0 unspecified atom stereocenters. The van der Waals surface area contributed by atoms with Crippen LogP contribution in [0.5, 0.6) is 11.5 Å². The molecule has 3 aromatic carbocycles. The number of anilines is 2. The number of carbonyl (C=O) groups is 1. The Morgan fingerprint density at radius 2 is 1.63 bits per heavy atom. The number of hydrogen-bond donors (Lipinski definition) is 1. The molecule has 0 heterocycles. The quantitative estimate of drug-likeness (QED) is 0.608. The van der Waals surface area contributed by atoms with E-state index < -0.39 is 34.1 Å². The fraction of sp³-hybridized carbons (Fsp3) is 0.0952. The number of amides is 1. The summed E-state index contributed by atoms with van der Waals surface area (Å²) in [5.41, 5.74) is 0.158. The Balaban J connectivity index is 1.80. The maximum absolute atomic E-state index is 13.6. The molecule has 0 atom stereocenters. The van der Waals surface area contributed by atoms with E-state index in [1.165, 1.54) is 0 Å². The minimum absolute atomic E-state index is 0.166. The van der Waals surface area contributed by atoms with Crippen molar-refractivity contribution in [2.45, 2.75) is 0 Å². The maximum Gasteiger partial charge on any atom is 0.245 e. The molecule has 6 nitrogen and oxygen atoms in total. The van der Waals surface area contributed by atoms with Gasteiger partial charge in [-0.3, -0.25) is 9.10 Å². The van der Waals surface area contributed by atoms with Crippen LogP contribution in [0.4, 0.5) is 20.2 Å². The normalized spacial score (nSPS) is 11.0. The predicted molar refractivity (Wildman–Crippen MR) is 110 cm³/mol. The van der Waals surface area contributed by atoms with E-state index in [4.69, 9.17) is 4.74 Å². The molecule has 0 fully saturated rings. The van der Waals surface area contributed by atoms with Crippen molar-refractivity contribution >= 4 is 27.3 Å². The molecule has 0 aromatic heterocycles. The molecule has 0 saturated carbocycles. The first-order chi connectivity index (χ1) is 14.2. The lowest BCUT2D eigenvalue weighted by molar-refractivity contribution is -0.114. The second kappa shape index (κ2) is 8.91. The average molecular weight is 432 g/mol. The number of carbonyl (C=O) groups excluding carboxylic acids is 1. The number of benzene rings is 3. The summed E-state index contributed by atoms with van der Waals surface area (Å²) in [7, 11) is -3.94. The number of para-hydroxylation sites is 3. The maximum atomic E-state index is 13.6. The number of halogens is 2. The minimum Gasteiger partial charge on any atom is -0.455 e. The summed E-state index contributed by atoms with van der Waals surface area (Å²) in [4.78, 5) is 12.6. The first kappa shape index (κ1) is 21.3. The van der Waals surface area contributed by atoms with Crippen LogP contribution in [0.25, 0.3) is 0 Å². The van der Waals surface area contributed by atoms with Gasteiger partial charge in [-0.15, -0.1) is 0 Å². The van der Waals surface area contributed by atoms with E-state index in [-0.39, 0.29) is 5.69 Å². The van der Waals surface area contributed by atoms with Gasteiger partial charge in [0.2, 0.25) is 15.9 Å². The van der Waals surface area contributed by atoms with Gasteiger partial charge >= 0.3 is 0 Å². The molecule has 0 radical (unpaired) electrons. The van der Waals surface area contributed by atoms with Crippen molar-refractivity contribution in [2.75, 3.05) is 22.4 Å². The fourth-order valence-corrected chi connectivity index (χ4v) is 3.48. The van der Waals surface area contributed by atoms with Crippen molar-refractivity contribution in [3.8, 4) is 11.5 Å². The highest BCUT2D eigenvalue weighted by atomic mass is 32.2. The summed E-state index contributed by atoms with van der Waals surface area (Å²) in [5, 5.41) is 2.59. The third-order valence-corrected chi connectivity index (χ3v) is 5.15. The average Bonchev–Trinajstić information content (AvgIpc) is 2.70. The van der Waals surface area contributed by atoms with Gasteiger partial charge < -0.3 is 10.1 Å². The molecule has 156 valence electrons. The van der Waals surface area contributed by atoms with Crippen molar-refractivity contribution in [2.24, 2.45) is 0 Å². The van der Waals surface area contributed by atoms with Crippen molar-refractivity contribution in [3.05, 3.63) is 84.4 Å². The molecule has 30 heavy (non-hydrogen) atoms. The summed E-state index contributed by atoms with van der Waals surface area (Å²) in [6, 6.07) is 18.1. The molecule has 3 aromatic rings. The van der Waals surface area contributed by atoms with E-state index in [1.807, 2.05) is 6.07 Å². The molecule has 1 amide bonds. The Labute approximate surface area is 172 Å². The third kappa shape index (κ3) is 5.32. The molecule has 0 spiro atoms. The zero-order chi connectivity index (χ0) is 21.7. The summed E-state index contributed by atoms with van der Waals surface area (Å²) in [6.45, 7) is -0.635. The Morgan fingerprint density at radius 3 is 2.30 bits per heavy atom. The van der Waals surface area contributed by atoms with Crippen LogP contribution in [0, 0.1) is 11.6 Å². The van der Waals surface area contributed by atoms with E-state index in [2.05, 4.69) is 5.32 Å². The smallest absolute Gasteiger partial charge is 0.245 e. The second-order valence-corrected chi connectivity index (χ2v) is 8.23. The zero-order valence-corrected chi connectivity index (χ0v) is 16.7. The highest BCUT2D eigenvalue weighted by Crippen LogP contribution is 2.29. The second-order valence-electron chi connectivity index (χ2n) is 6.33. The van der Waals surface area contributed by atoms with Gasteiger partial charge in [-0.2, -0.15) is 0 Å². The standard InChI is InChI=1S/C21H18F2N2O4S/c1-30(27,28)25(15-11-12-17(22)18(23)13-15)14-21(26)24-19-9-5-6-10-20(19)29-16-7-3-2-4-8-16/h2-13H,14H2,1H3,(H,24,26). The van der Waals surface area contributed by atoms with Crippen LogP contribution in [0.15, 0.2) is 72.8 Å². The summed E-state index contributed by atoms with van der Waals surface area (Å²) >= 11 is 0. The highest BCUT2D eigenvalue weighted by molar-refractivity contribution is 7.92. The molecule has 3 rings (SSSR count). The van der Waals surface area contributed by atoms with Gasteiger partial charge in [-0.1, -0.05) is 30.3 Å². The van der Waals surface area contributed by atoms with Crippen LogP contribution in [-0.4, -0.2) is 27.1 Å². The number of sulfonamides is 1. The highest BCUT2D eigenvalue weighted by Gasteiger charge is 2.22. The van der Waals surface area contributed by atoms with E-state index in [9.17, 15) is 22.0 Å². The van der Waals surface area contributed by atoms with E-state index >= 15 is 0 Å². The third-order valence-electron chi connectivity index (χ3n) is 4.01. The van der Waals surface area contributed by atoms with Gasteiger partial charge in [-0.05, 0) is 36.4 Å². The van der Waals surface area contributed by atoms with Crippen molar-refractivity contribution in [1.29, 1.82) is 0 Å². The Morgan fingerprint density at radius 1 is 0.967 bits per heavy atom. The molecule has 0 bridgehead atoms. The summed E-state index contributed by atoms with van der Waals surface area (Å²) in [6.07, 6.45) is 0.869. The first-order valence-corrected chi connectivity index (χ1v) is 10.6. The molecular weight excluding hydrogens is 414 g/mol. The number of nitrogens with one attached hydrogen (secondary N) is 1. The van der Waals surface area contributed by atoms with Crippen LogP contribution in [-0.2, 0) is 14.8 Å². The Bertz CT molecular complexity index is 1150. The van der Waals surface area contributed by atoms with Gasteiger partial charge in [0.25, 0.3) is 0 Å². The first-order valence-electron chi connectivity index (χ1n) is 8.78. The van der Waals surface area contributed by atoms with Crippen LogP contribution in [0.3, 0.4) is 0 Å².